The number of halogens is 1. The topological polar surface area (TPSA) is 41.2 Å². The number of hydrogen-bond acceptors (Lipinski definition) is 5. The van der Waals surface area contributed by atoms with E-state index in [4.69, 9.17) is 9.15 Å². The Balaban J connectivity index is 0.00000176. The summed E-state index contributed by atoms with van der Waals surface area (Å²) in [5, 5.41) is 6.52. The van der Waals surface area contributed by atoms with Gasteiger partial charge in [0.1, 0.15) is 11.5 Å². The summed E-state index contributed by atoms with van der Waals surface area (Å²) in [6.07, 6.45) is 3.42. The molecule has 6 heteroatoms. The Morgan fingerprint density at radius 2 is 1.86 bits per heavy atom. The van der Waals surface area contributed by atoms with E-state index in [9.17, 15) is 0 Å². The number of benzene rings is 1. The normalized spacial score (nSPS) is 15.0. The fourth-order valence-electron chi connectivity index (χ4n) is 2.45. The number of rotatable bonds is 4. The van der Waals surface area contributed by atoms with Crippen LogP contribution in [0.5, 0.6) is 5.75 Å². The molecule has 0 bridgehead atoms. The predicted molar refractivity (Wildman–Crippen MR) is 90.3 cm³/mol. The highest BCUT2D eigenvalue weighted by molar-refractivity contribution is 5.85. The number of anilines is 1. The van der Waals surface area contributed by atoms with E-state index in [2.05, 4.69) is 21.1 Å². The van der Waals surface area contributed by atoms with Crippen LogP contribution in [0.1, 0.15) is 5.76 Å². The molecule has 1 aromatic carbocycles. The van der Waals surface area contributed by atoms with Gasteiger partial charge in [0, 0.05) is 13.1 Å². The standard InChI is InChI=1S/C16H19N3O2.ClH/c1-20-16-7-3-2-6-15(16)18-8-10-19(11-9-18)17-13-14-5-4-12-21-14;/h2-7,12-13H,8-11H2,1H3;1H/b17-13+;. The van der Waals surface area contributed by atoms with Gasteiger partial charge in [-0.3, -0.25) is 5.01 Å². The SMILES string of the molecule is COc1ccccc1N1CCN(/N=C/c2ccco2)CC1.Cl. The second-order valence-corrected chi connectivity index (χ2v) is 4.87. The molecule has 0 spiro atoms. The molecule has 5 nitrogen and oxygen atoms in total. The summed E-state index contributed by atoms with van der Waals surface area (Å²) in [6.45, 7) is 3.62. The Morgan fingerprint density at radius 3 is 2.55 bits per heavy atom. The number of hydrazone groups is 1. The molecular formula is C16H20ClN3O2. The van der Waals surface area contributed by atoms with Crippen LogP contribution in [-0.4, -0.2) is 44.5 Å². The highest BCUT2D eigenvalue weighted by Gasteiger charge is 2.18. The molecule has 1 fully saturated rings. The molecule has 1 aromatic heterocycles. The Kier molecular flexibility index (Phi) is 5.72. The van der Waals surface area contributed by atoms with Crippen molar-refractivity contribution in [2.45, 2.75) is 0 Å². The monoisotopic (exact) mass is 321 g/mol. The van der Waals surface area contributed by atoms with Gasteiger partial charge in [-0.2, -0.15) is 5.10 Å². The number of piperazine rings is 1. The Morgan fingerprint density at radius 1 is 1.09 bits per heavy atom. The first-order chi connectivity index (χ1) is 10.4. The summed E-state index contributed by atoms with van der Waals surface area (Å²) in [5.74, 6) is 1.70. The van der Waals surface area contributed by atoms with E-state index in [0.717, 1.165) is 43.4 Å². The van der Waals surface area contributed by atoms with E-state index in [-0.39, 0.29) is 12.4 Å². The van der Waals surface area contributed by atoms with Crippen molar-refractivity contribution in [2.75, 3.05) is 38.2 Å². The highest BCUT2D eigenvalue weighted by atomic mass is 35.5. The van der Waals surface area contributed by atoms with Gasteiger partial charge in [-0.05, 0) is 24.3 Å². The van der Waals surface area contributed by atoms with Crippen molar-refractivity contribution in [1.29, 1.82) is 0 Å². The lowest BCUT2D eigenvalue weighted by Crippen LogP contribution is -2.44. The fraction of sp³-hybridized carbons (Fsp3) is 0.312. The van der Waals surface area contributed by atoms with Gasteiger partial charge in [0.15, 0.2) is 0 Å². The van der Waals surface area contributed by atoms with E-state index < -0.39 is 0 Å². The van der Waals surface area contributed by atoms with E-state index in [1.54, 1.807) is 19.6 Å². The van der Waals surface area contributed by atoms with Crippen molar-refractivity contribution in [1.82, 2.24) is 5.01 Å². The maximum Gasteiger partial charge on any atom is 0.146 e. The zero-order valence-corrected chi connectivity index (χ0v) is 13.3. The van der Waals surface area contributed by atoms with Crippen molar-refractivity contribution in [3.8, 4) is 5.75 Å². The maximum absolute atomic E-state index is 5.42. The van der Waals surface area contributed by atoms with Crippen LogP contribution in [0, 0.1) is 0 Å². The molecule has 0 saturated carbocycles. The molecule has 118 valence electrons. The largest absolute Gasteiger partial charge is 0.495 e. The van der Waals surface area contributed by atoms with Crippen LogP contribution < -0.4 is 9.64 Å². The third-order valence-electron chi connectivity index (χ3n) is 3.57. The lowest BCUT2D eigenvalue weighted by atomic mass is 10.2. The second kappa shape index (κ2) is 7.75. The Hall–Kier alpha value is -2.14. The summed E-state index contributed by atoms with van der Waals surface area (Å²) in [4.78, 5) is 2.33. The molecule has 22 heavy (non-hydrogen) atoms. The van der Waals surface area contributed by atoms with Crippen LogP contribution in [0.25, 0.3) is 0 Å². The quantitative estimate of drug-likeness (QED) is 0.812. The minimum atomic E-state index is 0. The van der Waals surface area contributed by atoms with E-state index in [1.165, 1.54) is 0 Å². The average Bonchev–Trinajstić information content (AvgIpc) is 3.07. The number of para-hydroxylation sites is 2. The van der Waals surface area contributed by atoms with Crippen molar-refractivity contribution in [3.05, 3.63) is 48.4 Å². The van der Waals surface area contributed by atoms with Gasteiger partial charge in [0.25, 0.3) is 0 Å². The van der Waals surface area contributed by atoms with Crippen LogP contribution in [-0.2, 0) is 0 Å². The third kappa shape index (κ3) is 3.74. The Bertz CT molecular complexity index is 593. The first-order valence-corrected chi connectivity index (χ1v) is 7.07. The zero-order valence-electron chi connectivity index (χ0n) is 12.5. The molecule has 3 rings (SSSR count). The van der Waals surface area contributed by atoms with Gasteiger partial charge in [0.2, 0.25) is 0 Å². The van der Waals surface area contributed by atoms with E-state index in [0.29, 0.717) is 0 Å². The highest BCUT2D eigenvalue weighted by Crippen LogP contribution is 2.28. The molecule has 2 heterocycles. The second-order valence-electron chi connectivity index (χ2n) is 4.87. The van der Waals surface area contributed by atoms with Crippen LogP contribution in [0.15, 0.2) is 52.2 Å². The molecule has 0 atom stereocenters. The van der Waals surface area contributed by atoms with Gasteiger partial charge in [-0.25, -0.2) is 0 Å². The zero-order chi connectivity index (χ0) is 14.5. The summed E-state index contributed by atoms with van der Waals surface area (Å²) >= 11 is 0. The van der Waals surface area contributed by atoms with Crippen molar-refractivity contribution in [2.24, 2.45) is 5.10 Å². The smallest absolute Gasteiger partial charge is 0.146 e. The van der Waals surface area contributed by atoms with Crippen LogP contribution in [0.2, 0.25) is 0 Å². The molecule has 1 aliphatic heterocycles. The number of furan rings is 1. The maximum atomic E-state index is 5.42. The van der Waals surface area contributed by atoms with Gasteiger partial charge in [-0.1, -0.05) is 12.1 Å². The third-order valence-corrected chi connectivity index (χ3v) is 3.57. The van der Waals surface area contributed by atoms with E-state index in [1.807, 2.05) is 30.3 Å². The molecule has 0 aliphatic carbocycles. The van der Waals surface area contributed by atoms with Crippen LogP contribution >= 0.6 is 12.4 Å². The van der Waals surface area contributed by atoms with Crippen molar-refractivity contribution >= 4 is 24.3 Å². The molecule has 0 N–H and O–H groups in total. The summed E-state index contributed by atoms with van der Waals surface area (Å²) in [6, 6.07) is 11.9. The summed E-state index contributed by atoms with van der Waals surface area (Å²) < 4.78 is 10.7. The van der Waals surface area contributed by atoms with Gasteiger partial charge in [-0.15, -0.1) is 12.4 Å². The molecule has 1 aliphatic rings. The summed E-state index contributed by atoms with van der Waals surface area (Å²) in [5.41, 5.74) is 1.15. The predicted octanol–water partition coefficient (Wildman–Crippen LogP) is 2.87. The molecule has 1 saturated heterocycles. The Labute approximate surface area is 136 Å². The number of hydrogen-bond donors (Lipinski definition) is 0. The lowest BCUT2D eigenvalue weighted by molar-refractivity contribution is 0.270. The molecule has 0 amide bonds. The van der Waals surface area contributed by atoms with E-state index >= 15 is 0 Å². The molecule has 2 aromatic rings. The molecule has 0 unspecified atom stereocenters. The van der Waals surface area contributed by atoms with Gasteiger partial charge >= 0.3 is 0 Å². The van der Waals surface area contributed by atoms with Gasteiger partial charge < -0.3 is 14.1 Å². The minimum Gasteiger partial charge on any atom is -0.495 e. The van der Waals surface area contributed by atoms with Crippen molar-refractivity contribution in [3.63, 3.8) is 0 Å². The first-order valence-electron chi connectivity index (χ1n) is 7.07. The minimum absolute atomic E-state index is 0. The molecular weight excluding hydrogens is 302 g/mol. The lowest BCUT2D eigenvalue weighted by Gasteiger charge is -2.35. The number of nitrogens with zero attached hydrogens (tertiary/aromatic N) is 3. The van der Waals surface area contributed by atoms with Gasteiger partial charge in [0.05, 0.1) is 38.4 Å². The average molecular weight is 322 g/mol. The number of ether oxygens (including phenoxy) is 1. The summed E-state index contributed by atoms with van der Waals surface area (Å²) in [7, 11) is 1.71. The van der Waals surface area contributed by atoms with Crippen LogP contribution in [0.3, 0.4) is 0 Å². The van der Waals surface area contributed by atoms with Crippen LogP contribution in [0.4, 0.5) is 5.69 Å². The molecule has 0 radical (unpaired) electrons. The fourth-order valence-corrected chi connectivity index (χ4v) is 2.45. The first kappa shape index (κ1) is 16.2. The number of methoxy groups -OCH3 is 1. The van der Waals surface area contributed by atoms with Crippen molar-refractivity contribution < 1.29 is 9.15 Å².